The van der Waals surface area contributed by atoms with Gasteiger partial charge in [-0.1, -0.05) is 45.4 Å². The minimum absolute atomic E-state index is 0.666. The maximum Gasteiger partial charge on any atom is 0.0471 e. The van der Waals surface area contributed by atoms with E-state index in [1.807, 2.05) is 0 Å². The molecule has 2 nitrogen and oxygen atoms in total. The Hall–Kier alpha value is -0.730. The van der Waals surface area contributed by atoms with Crippen LogP contribution < -0.4 is 10.2 Å². The van der Waals surface area contributed by atoms with Gasteiger partial charge in [0.25, 0.3) is 0 Å². The molecular weight excluding hydrogens is 280 g/mol. The first kappa shape index (κ1) is 16.6. The molecule has 118 valence electrons. The molecule has 1 saturated carbocycles. The molecule has 1 aliphatic carbocycles. The fourth-order valence-electron chi connectivity index (χ4n) is 2.60. The van der Waals surface area contributed by atoms with Gasteiger partial charge in [-0.05, 0) is 48.9 Å². The average molecular weight is 309 g/mol. The maximum absolute atomic E-state index is 6.48. The normalized spacial score (nSPS) is 15.0. The molecule has 1 aromatic rings. The van der Waals surface area contributed by atoms with E-state index in [2.05, 4.69) is 56.1 Å². The van der Waals surface area contributed by atoms with Crippen molar-refractivity contribution < 1.29 is 0 Å². The zero-order valence-corrected chi connectivity index (χ0v) is 14.6. The zero-order valence-electron chi connectivity index (χ0n) is 13.8. The summed E-state index contributed by atoms with van der Waals surface area (Å²) in [6, 6.07) is 7.29. The van der Waals surface area contributed by atoms with Crippen LogP contribution >= 0.6 is 11.6 Å². The molecule has 1 N–H and O–H groups in total. The lowest BCUT2D eigenvalue weighted by molar-refractivity contribution is 0.552. The van der Waals surface area contributed by atoms with Gasteiger partial charge in [0.2, 0.25) is 0 Å². The molecule has 1 aromatic carbocycles. The molecule has 0 aliphatic heterocycles. The second kappa shape index (κ2) is 7.51. The monoisotopic (exact) mass is 308 g/mol. The molecule has 0 atom stereocenters. The van der Waals surface area contributed by atoms with Crippen molar-refractivity contribution in [2.45, 2.75) is 53.1 Å². The van der Waals surface area contributed by atoms with Crippen molar-refractivity contribution in [1.82, 2.24) is 5.32 Å². The quantitative estimate of drug-likeness (QED) is 0.748. The van der Waals surface area contributed by atoms with Gasteiger partial charge in [-0.15, -0.1) is 0 Å². The topological polar surface area (TPSA) is 15.3 Å². The molecule has 2 rings (SSSR count). The van der Waals surface area contributed by atoms with E-state index in [9.17, 15) is 0 Å². The number of benzene rings is 1. The third-order valence-corrected chi connectivity index (χ3v) is 4.14. The first-order chi connectivity index (χ1) is 9.97. The Balaban J connectivity index is 2.02. The van der Waals surface area contributed by atoms with E-state index >= 15 is 0 Å². The van der Waals surface area contributed by atoms with Crippen LogP contribution in [0.25, 0.3) is 0 Å². The van der Waals surface area contributed by atoms with Crippen LogP contribution in [0.5, 0.6) is 0 Å². The molecule has 0 unspecified atom stereocenters. The Morgan fingerprint density at radius 3 is 2.43 bits per heavy atom. The molecule has 0 amide bonds. The van der Waals surface area contributed by atoms with Crippen LogP contribution in [0.3, 0.4) is 0 Å². The van der Waals surface area contributed by atoms with Gasteiger partial charge in [0.05, 0.1) is 0 Å². The lowest BCUT2D eigenvalue weighted by Crippen LogP contribution is -2.29. The SMILES string of the molecule is CC(C)CNCc1ccc(N(CC(C)C)C2CC2)cc1Cl. The molecule has 0 radical (unpaired) electrons. The van der Waals surface area contributed by atoms with Gasteiger partial charge >= 0.3 is 0 Å². The first-order valence-electron chi connectivity index (χ1n) is 8.23. The minimum atomic E-state index is 0.666. The van der Waals surface area contributed by atoms with E-state index in [-0.39, 0.29) is 0 Å². The number of nitrogens with one attached hydrogen (secondary N) is 1. The number of rotatable bonds is 8. The predicted octanol–water partition coefficient (Wildman–Crippen LogP) is 4.71. The lowest BCUT2D eigenvalue weighted by atomic mass is 10.1. The highest BCUT2D eigenvalue weighted by molar-refractivity contribution is 6.31. The highest BCUT2D eigenvalue weighted by atomic mass is 35.5. The second-order valence-electron chi connectivity index (χ2n) is 7.08. The fraction of sp³-hybridized carbons (Fsp3) is 0.667. The van der Waals surface area contributed by atoms with Crippen LogP contribution in [0.2, 0.25) is 5.02 Å². The molecule has 0 saturated heterocycles. The van der Waals surface area contributed by atoms with E-state index in [0.29, 0.717) is 11.8 Å². The zero-order chi connectivity index (χ0) is 15.4. The van der Waals surface area contributed by atoms with Gasteiger partial charge in [0.1, 0.15) is 0 Å². The van der Waals surface area contributed by atoms with Crippen LogP contribution in [0.1, 0.15) is 46.1 Å². The summed E-state index contributed by atoms with van der Waals surface area (Å²) in [6.07, 6.45) is 2.64. The minimum Gasteiger partial charge on any atom is -0.368 e. The highest BCUT2D eigenvalue weighted by Crippen LogP contribution is 2.34. The number of halogens is 1. The Morgan fingerprint density at radius 1 is 1.19 bits per heavy atom. The molecule has 0 aromatic heterocycles. The number of hydrogen-bond acceptors (Lipinski definition) is 2. The van der Waals surface area contributed by atoms with Crippen molar-refractivity contribution in [3.63, 3.8) is 0 Å². The summed E-state index contributed by atoms with van der Waals surface area (Å²) < 4.78 is 0. The van der Waals surface area contributed by atoms with Crippen LogP contribution in [-0.2, 0) is 6.54 Å². The molecule has 0 heterocycles. The summed E-state index contributed by atoms with van der Waals surface area (Å²) in [5.74, 6) is 1.34. The molecule has 1 fully saturated rings. The van der Waals surface area contributed by atoms with E-state index in [1.54, 1.807) is 0 Å². The van der Waals surface area contributed by atoms with Gasteiger partial charge in [-0.25, -0.2) is 0 Å². The maximum atomic E-state index is 6.48. The van der Waals surface area contributed by atoms with Gasteiger partial charge in [-0.2, -0.15) is 0 Å². The van der Waals surface area contributed by atoms with Crippen molar-refractivity contribution >= 4 is 17.3 Å². The number of nitrogens with zero attached hydrogens (tertiary/aromatic N) is 1. The van der Waals surface area contributed by atoms with E-state index in [0.717, 1.165) is 30.7 Å². The molecule has 0 spiro atoms. The lowest BCUT2D eigenvalue weighted by Gasteiger charge is -2.27. The van der Waals surface area contributed by atoms with Crippen LogP contribution in [0, 0.1) is 11.8 Å². The van der Waals surface area contributed by atoms with Crippen LogP contribution in [0.4, 0.5) is 5.69 Å². The Kier molecular flexibility index (Phi) is 5.95. The highest BCUT2D eigenvalue weighted by Gasteiger charge is 2.29. The van der Waals surface area contributed by atoms with Crippen molar-refractivity contribution in [3.05, 3.63) is 28.8 Å². The molecule has 21 heavy (non-hydrogen) atoms. The average Bonchev–Trinajstić information content (AvgIpc) is 3.21. The number of anilines is 1. The Bertz CT molecular complexity index is 453. The van der Waals surface area contributed by atoms with Gasteiger partial charge < -0.3 is 10.2 Å². The van der Waals surface area contributed by atoms with Crippen molar-refractivity contribution in [2.24, 2.45) is 11.8 Å². The van der Waals surface area contributed by atoms with Gasteiger partial charge in [0, 0.05) is 29.8 Å². The van der Waals surface area contributed by atoms with Crippen molar-refractivity contribution in [3.8, 4) is 0 Å². The van der Waals surface area contributed by atoms with Crippen molar-refractivity contribution in [1.29, 1.82) is 0 Å². The van der Waals surface area contributed by atoms with E-state index in [4.69, 9.17) is 11.6 Å². The Labute approximate surface area is 134 Å². The summed E-state index contributed by atoms with van der Waals surface area (Å²) in [4.78, 5) is 2.53. The van der Waals surface area contributed by atoms with Crippen LogP contribution in [0.15, 0.2) is 18.2 Å². The summed E-state index contributed by atoms with van der Waals surface area (Å²) >= 11 is 6.48. The standard InChI is InChI=1S/C18H29ClN2/c1-13(2)10-20-11-15-5-6-17(9-18(15)19)21(12-14(3)4)16-7-8-16/h5-6,9,13-14,16,20H,7-8,10-12H2,1-4H3. The fourth-order valence-corrected chi connectivity index (χ4v) is 2.84. The predicted molar refractivity (Wildman–Crippen MR) is 93.2 cm³/mol. The summed E-state index contributed by atoms with van der Waals surface area (Å²) in [5.41, 5.74) is 2.48. The van der Waals surface area contributed by atoms with Crippen molar-refractivity contribution in [2.75, 3.05) is 18.0 Å². The first-order valence-corrected chi connectivity index (χ1v) is 8.61. The second-order valence-corrected chi connectivity index (χ2v) is 7.49. The van der Waals surface area contributed by atoms with Gasteiger partial charge in [0.15, 0.2) is 0 Å². The van der Waals surface area contributed by atoms with Crippen LogP contribution in [-0.4, -0.2) is 19.1 Å². The molecule has 0 bridgehead atoms. The number of hydrogen-bond donors (Lipinski definition) is 1. The molecular formula is C18H29ClN2. The third-order valence-electron chi connectivity index (χ3n) is 3.79. The Morgan fingerprint density at radius 2 is 1.90 bits per heavy atom. The van der Waals surface area contributed by atoms with E-state index in [1.165, 1.54) is 24.1 Å². The summed E-state index contributed by atoms with van der Waals surface area (Å²) in [5, 5.41) is 4.35. The molecule has 1 aliphatic rings. The third kappa shape index (κ3) is 5.19. The molecule has 3 heteroatoms. The summed E-state index contributed by atoms with van der Waals surface area (Å²) in [6.45, 7) is 12.0. The van der Waals surface area contributed by atoms with E-state index < -0.39 is 0 Å². The van der Waals surface area contributed by atoms with Gasteiger partial charge in [-0.3, -0.25) is 0 Å². The smallest absolute Gasteiger partial charge is 0.0471 e. The summed E-state index contributed by atoms with van der Waals surface area (Å²) in [7, 11) is 0. The largest absolute Gasteiger partial charge is 0.368 e.